The molecule has 2 heterocycles. The van der Waals surface area contributed by atoms with Crippen LogP contribution in [-0.2, 0) is 6.54 Å². The zero-order valence-electron chi connectivity index (χ0n) is 15.9. The van der Waals surface area contributed by atoms with Gasteiger partial charge in [-0.15, -0.1) is 15.3 Å². The Kier molecular flexibility index (Phi) is 5.35. The van der Waals surface area contributed by atoms with Gasteiger partial charge in [-0.2, -0.15) is 4.52 Å². The lowest BCUT2D eigenvalue weighted by Crippen LogP contribution is -2.07. The molecule has 0 bridgehead atoms. The molecule has 2 N–H and O–H groups in total. The fraction of sp³-hybridized carbons (Fsp3) is 0.150. The molecule has 2 aromatic heterocycles. The summed E-state index contributed by atoms with van der Waals surface area (Å²) in [6.45, 7) is 0.435. The lowest BCUT2D eigenvalue weighted by molar-refractivity contribution is 0.355. The molecular weight excluding hydrogens is 392 g/mol. The Morgan fingerprint density at radius 2 is 1.79 bits per heavy atom. The van der Waals surface area contributed by atoms with Crippen LogP contribution < -0.4 is 20.1 Å². The summed E-state index contributed by atoms with van der Waals surface area (Å²) < 4.78 is 12.3. The van der Waals surface area contributed by atoms with E-state index in [0.717, 1.165) is 11.4 Å². The Labute approximate surface area is 172 Å². The Bertz CT molecular complexity index is 1150. The van der Waals surface area contributed by atoms with Gasteiger partial charge in [0.2, 0.25) is 0 Å². The van der Waals surface area contributed by atoms with E-state index in [2.05, 4.69) is 25.9 Å². The lowest BCUT2D eigenvalue weighted by atomic mass is 10.2. The number of benzene rings is 2. The molecule has 0 fully saturated rings. The molecule has 0 radical (unpaired) electrons. The average molecular weight is 411 g/mol. The largest absolute Gasteiger partial charge is 0.493 e. The van der Waals surface area contributed by atoms with Crippen molar-refractivity contribution in [1.29, 1.82) is 0 Å². The molecule has 0 spiro atoms. The van der Waals surface area contributed by atoms with Gasteiger partial charge in [0.15, 0.2) is 28.8 Å². The Balaban J connectivity index is 1.53. The zero-order chi connectivity index (χ0) is 20.2. The maximum absolute atomic E-state index is 6.04. The van der Waals surface area contributed by atoms with Crippen LogP contribution in [0.3, 0.4) is 0 Å². The summed E-state index contributed by atoms with van der Waals surface area (Å²) in [4.78, 5) is 0. The Morgan fingerprint density at radius 3 is 2.59 bits per heavy atom. The normalized spacial score (nSPS) is 10.7. The van der Waals surface area contributed by atoms with Crippen LogP contribution in [0.1, 0.15) is 5.82 Å². The number of ether oxygens (including phenoxy) is 2. The highest BCUT2D eigenvalue weighted by Gasteiger charge is 2.09. The predicted octanol–water partition coefficient (Wildman–Crippen LogP) is 4.15. The number of hydrogen-bond donors (Lipinski definition) is 2. The maximum Gasteiger partial charge on any atom is 0.178 e. The van der Waals surface area contributed by atoms with E-state index in [0.29, 0.717) is 40.4 Å². The molecule has 8 nitrogen and oxygen atoms in total. The first-order chi connectivity index (χ1) is 14.2. The Hall–Kier alpha value is -3.52. The van der Waals surface area contributed by atoms with Gasteiger partial charge in [-0.3, -0.25) is 0 Å². The van der Waals surface area contributed by atoms with Crippen LogP contribution in [0.25, 0.3) is 5.65 Å². The molecule has 0 aliphatic heterocycles. The Morgan fingerprint density at radius 1 is 0.931 bits per heavy atom. The van der Waals surface area contributed by atoms with Crippen LogP contribution in [0.15, 0.2) is 54.6 Å². The third-order valence-corrected chi connectivity index (χ3v) is 4.49. The second-order valence-corrected chi connectivity index (χ2v) is 6.60. The summed E-state index contributed by atoms with van der Waals surface area (Å²) in [6, 6.07) is 16.8. The average Bonchev–Trinajstić information content (AvgIpc) is 3.14. The van der Waals surface area contributed by atoms with Crippen molar-refractivity contribution in [2.45, 2.75) is 6.54 Å². The molecule has 0 amide bonds. The molecule has 4 rings (SSSR count). The summed E-state index contributed by atoms with van der Waals surface area (Å²) in [6.07, 6.45) is 0. The molecule has 29 heavy (non-hydrogen) atoms. The standard InChI is InChI=1S/C20H19ClN6O2/c1-28-16-7-6-14(11-17(16)29-2)22-12-20-25-24-19-9-8-18(26-27(19)20)23-15-5-3-4-13(21)10-15/h3-11,22H,12H2,1-2H3,(H,23,26). The number of rotatable bonds is 7. The third-order valence-electron chi connectivity index (χ3n) is 4.26. The topological polar surface area (TPSA) is 85.6 Å². The minimum Gasteiger partial charge on any atom is -0.493 e. The number of aromatic nitrogens is 4. The van der Waals surface area contributed by atoms with E-state index in [1.165, 1.54) is 0 Å². The van der Waals surface area contributed by atoms with Crippen molar-refractivity contribution in [3.63, 3.8) is 0 Å². The van der Waals surface area contributed by atoms with Gasteiger partial charge in [0.05, 0.1) is 20.8 Å². The van der Waals surface area contributed by atoms with Gasteiger partial charge in [0.1, 0.15) is 0 Å². The number of nitrogens with one attached hydrogen (secondary N) is 2. The van der Waals surface area contributed by atoms with Gasteiger partial charge >= 0.3 is 0 Å². The van der Waals surface area contributed by atoms with Crippen LogP contribution in [0, 0.1) is 0 Å². The number of fused-ring (bicyclic) bond motifs is 1. The molecule has 0 unspecified atom stereocenters. The number of halogens is 1. The lowest BCUT2D eigenvalue weighted by Gasteiger charge is -2.11. The smallest absolute Gasteiger partial charge is 0.178 e. The van der Waals surface area contributed by atoms with E-state index < -0.39 is 0 Å². The summed E-state index contributed by atoms with van der Waals surface area (Å²) in [5.41, 5.74) is 2.38. The van der Waals surface area contributed by atoms with Gasteiger partial charge < -0.3 is 20.1 Å². The van der Waals surface area contributed by atoms with Crippen LogP contribution in [0.2, 0.25) is 5.02 Å². The van der Waals surface area contributed by atoms with Crippen molar-refractivity contribution in [2.75, 3.05) is 24.9 Å². The molecule has 0 saturated carbocycles. The molecule has 0 aliphatic carbocycles. The molecule has 4 aromatic rings. The maximum atomic E-state index is 6.04. The highest BCUT2D eigenvalue weighted by molar-refractivity contribution is 6.30. The van der Waals surface area contributed by atoms with Gasteiger partial charge in [-0.05, 0) is 42.5 Å². The highest BCUT2D eigenvalue weighted by Crippen LogP contribution is 2.29. The fourth-order valence-corrected chi connectivity index (χ4v) is 3.04. The minimum atomic E-state index is 0.435. The van der Waals surface area contributed by atoms with Crippen molar-refractivity contribution < 1.29 is 9.47 Å². The summed E-state index contributed by atoms with van der Waals surface area (Å²) in [7, 11) is 3.21. The van der Waals surface area contributed by atoms with Crippen molar-refractivity contribution in [3.8, 4) is 11.5 Å². The van der Waals surface area contributed by atoms with Crippen molar-refractivity contribution in [3.05, 3.63) is 65.4 Å². The second-order valence-electron chi connectivity index (χ2n) is 6.16. The predicted molar refractivity (Wildman–Crippen MR) is 112 cm³/mol. The van der Waals surface area contributed by atoms with Gasteiger partial charge in [0, 0.05) is 22.5 Å². The first kappa shape index (κ1) is 18.8. The van der Waals surface area contributed by atoms with Gasteiger partial charge in [0.25, 0.3) is 0 Å². The van der Waals surface area contributed by atoms with E-state index in [4.69, 9.17) is 21.1 Å². The van der Waals surface area contributed by atoms with Crippen molar-refractivity contribution >= 4 is 34.4 Å². The molecule has 9 heteroatoms. The quantitative estimate of drug-likeness (QED) is 0.473. The van der Waals surface area contributed by atoms with Crippen molar-refractivity contribution in [2.24, 2.45) is 0 Å². The highest BCUT2D eigenvalue weighted by atomic mass is 35.5. The van der Waals surface area contributed by atoms with Crippen molar-refractivity contribution in [1.82, 2.24) is 19.8 Å². The van der Waals surface area contributed by atoms with E-state index >= 15 is 0 Å². The third kappa shape index (κ3) is 4.17. The minimum absolute atomic E-state index is 0.435. The summed E-state index contributed by atoms with van der Waals surface area (Å²) >= 11 is 6.04. The zero-order valence-corrected chi connectivity index (χ0v) is 16.6. The second kappa shape index (κ2) is 8.24. The van der Waals surface area contributed by atoms with Crippen LogP contribution in [-0.4, -0.2) is 34.0 Å². The fourth-order valence-electron chi connectivity index (χ4n) is 2.85. The van der Waals surface area contributed by atoms with Crippen LogP contribution in [0.5, 0.6) is 11.5 Å². The summed E-state index contributed by atoms with van der Waals surface area (Å²) in [5.74, 6) is 2.65. The number of nitrogens with zero attached hydrogens (tertiary/aromatic N) is 4. The van der Waals surface area contributed by atoms with Gasteiger partial charge in [-0.25, -0.2) is 0 Å². The number of hydrogen-bond acceptors (Lipinski definition) is 7. The molecule has 148 valence electrons. The van der Waals surface area contributed by atoms with E-state index in [-0.39, 0.29) is 0 Å². The number of methoxy groups -OCH3 is 2. The van der Waals surface area contributed by atoms with Crippen LogP contribution >= 0.6 is 11.6 Å². The molecule has 0 saturated heterocycles. The first-order valence-corrected chi connectivity index (χ1v) is 9.24. The van der Waals surface area contributed by atoms with E-state index in [1.54, 1.807) is 18.7 Å². The SMILES string of the molecule is COc1ccc(NCc2nnc3ccc(Nc4cccc(Cl)c4)nn23)cc1OC. The van der Waals surface area contributed by atoms with Gasteiger partial charge in [-0.1, -0.05) is 17.7 Å². The molecule has 0 atom stereocenters. The first-order valence-electron chi connectivity index (χ1n) is 8.86. The monoisotopic (exact) mass is 410 g/mol. The molecule has 0 aliphatic rings. The number of anilines is 3. The van der Waals surface area contributed by atoms with E-state index in [9.17, 15) is 0 Å². The van der Waals surface area contributed by atoms with Crippen LogP contribution in [0.4, 0.5) is 17.2 Å². The molecular formula is C20H19ClN6O2. The summed E-state index contributed by atoms with van der Waals surface area (Å²) in [5, 5.41) is 20.2. The van der Waals surface area contributed by atoms with E-state index in [1.807, 2.05) is 54.6 Å². The molecule has 2 aromatic carbocycles.